The average Bonchev–Trinajstić information content (AvgIpc) is 3.88. The Balaban J connectivity index is 1.32. The van der Waals surface area contributed by atoms with Crippen LogP contribution in [0.25, 0.3) is 10.8 Å². The van der Waals surface area contributed by atoms with Crippen molar-refractivity contribution in [2.24, 2.45) is 16.8 Å². The van der Waals surface area contributed by atoms with E-state index in [1.54, 1.807) is 56.5 Å². The number of aromatic hydroxyl groups is 2. The summed E-state index contributed by atoms with van der Waals surface area (Å²) < 4.78 is 11.2. The Kier molecular flexibility index (Phi) is 11.7. The van der Waals surface area contributed by atoms with Gasteiger partial charge in [0.1, 0.15) is 17.9 Å². The Labute approximate surface area is 305 Å². The minimum atomic E-state index is -0.964. The molecule has 5 aromatic rings. The SMILES string of the molecule is CCc1ccc2ccccc2c1Cc1c(C[C@H](Cc2cc[n-]c2)[C@H](O)CC(=O)[C@H](CC2=C[CH+]N=C2)Cc2ccc(O)c(OC)c2)ccc(O)c1OC. The maximum absolute atomic E-state index is 14.2. The Morgan fingerprint density at radius 1 is 0.865 bits per heavy atom. The molecule has 6 rings (SSSR count). The number of rotatable bonds is 17. The molecule has 0 saturated carbocycles. The van der Waals surface area contributed by atoms with E-state index in [-0.39, 0.29) is 29.6 Å². The molecule has 268 valence electrons. The number of benzene rings is 4. The molecule has 3 atom stereocenters. The molecular weight excluding hydrogens is 652 g/mol. The van der Waals surface area contributed by atoms with Crippen LogP contribution in [-0.4, -0.2) is 47.6 Å². The van der Waals surface area contributed by atoms with Crippen molar-refractivity contribution in [3.05, 3.63) is 137 Å². The summed E-state index contributed by atoms with van der Waals surface area (Å²) >= 11 is 0. The third kappa shape index (κ3) is 8.35. The molecule has 0 fully saturated rings. The van der Waals surface area contributed by atoms with E-state index in [1.807, 2.05) is 30.3 Å². The summed E-state index contributed by atoms with van der Waals surface area (Å²) in [4.78, 5) is 22.6. The van der Waals surface area contributed by atoms with Crippen LogP contribution in [0.4, 0.5) is 0 Å². The highest BCUT2D eigenvalue weighted by atomic mass is 16.5. The van der Waals surface area contributed by atoms with Crippen LogP contribution in [0.15, 0.2) is 102 Å². The minimum absolute atomic E-state index is 0.0335. The Hall–Kier alpha value is -5.47. The van der Waals surface area contributed by atoms with Gasteiger partial charge in [0.15, 0.2) is 29.2 Å². The molecule has 1 aliphatic heterocycles. The summed E-state index contributed by atoms with van der Waals surface area (Å²) in [7, 11) is 3.06. The second kappa shape index (κ2) is 16.7. The van der Waals surface area contributed by atoms with E-state index in [1.165, 1.54) is 18.2 Å². The second-order valence-electron chi connectivity index (χ2n) is 13.6. The first kappa shape index (κ1) is 36.3. The Morgan fingerprint density at radius 3 is 2.40 bits per heavy atom. The van der Waals surface area contributed by atoms with Crippen molar-refractivity contribution in [3.8, 4) is 23.0 Å². The number of aliphatic imine (C=N–C) groups is 1. The summed E-state index contributed by atoms with van der Waals surface area (Å²) in [5.41, 5.74) is 6.96. The van der Waals surface area contributed by atoms with Crippen molar-refractivity contribution >= 4 is 22.8 Å². The van der Waals surface area contributed by atoms with Gasteiger partial charge in [-0.2, -0.15) is 12.4 Å². The number of phenolic OH excluding ortho intramolecular Hbond substituents is 2. The largest absolute Gasteiger partial charge is 0.670 e. The van der Waals surface area contributed by atoms with E-state index in [0.717, 1.165) is 45.0 Å². The van der Waals surface area contributed by atoms with Crippen LogP contribution in [0.1, 0.15) is 53.1 Å². The summed E-state index contributed by atoms with van der Waals surface area (Å²) in [5.74, 6) is 0.0234. The van der Waals surface area contributed by atoms with E-state index in [2.05, 4.69) is 41.2 Å². The molecule has 1 aliphatic rings. The van der Waals surface area contributed by atoms with Gasteiger partial charge >= 0.3 is 0 Å². The Morgan fingerprint density at radius 2 is 1.67 bits per heavy atom. The molecule has 0 spiro atoms. The number of aliphatic hydroxyl groups excluding tert-OH is 1. The van der Waals surface area contributed by atoms with Crippen molar-refractivity contribution in [3.63, 3.8) is 0 Å². The average molecular weight is 699 g/mol. The number of hydrogen-bond donors (Lipinski definition) is 3. The number of phenols is 2. The van der Waals surface area contributed by atoms with Gasteiger partial charge in [-0.3, -0.25) is 4.79 Å². The standard InChI is InChI=1S/C44H46N2O6/c1-4-31-10-11-32-7-5-6-8-36(32)37(31)24-38-33(12-14-40(48)44(38)52-3)23-35(21-30-16-18-46-27-30)42(50)25-41(49)34(20-29-15-17-45-26-29)19-28-9-13-39(47)43(22-28)51-2/h5-18,22,26-27,34-35,42,47-48,50H,4,19-21,23-25H2,1-3H3/t34-,35-,42+/m0/s1. The predicted molar refractivity (Wildman–Crippen MR) is 204 cm³/mol. The molecule has 0 amide bonds. The molecule has 3 N–H and O–H groups in total. The van der Waals surface area contributed by atoms with Gasteiger partial charge in [-0.1, -0.05) is 67.1 Å². The fourth-order valence-electron chi connectivity index (χ4n) is 7.44. The molecule has 0 unspecified atom stereocenters. The lowest BCUT2D eigenvalue weighted by Gasteiger charge is -2.26. The maximum atomic E-state index is 14.2. The zero-order valence-corrected chi connectivity index (χ0v) is 30.0. The number of ether oxygens (including phenoxy) is 2. The number of carbonyl (C=O) groups is 1. The van der Waals surface area contributed by atoms with Crippen LogP contribution in [0, 0.1) is 18.4 Å². The number of carbonyl (C=O) groups excluding carboxylic acids is 1. The molecule has 1 aromatic heterocycles. The third-order valence-electron chi connectivity index (χ3n) is 10.2. The maximum Gasteiger partial charge on any atom is 0.176 e. The number of aryl methyl sites for hydroxylation is 1. The van der Waals surface area contributed by atoms with Crippen molar-refractivity contribution < 1.29 is 29.6 Å². The van der Waals surface area contributed by atoms with Crippen molar-refractivity contribution in [1.82, 2.24) is 4.98 Å². The molecule has 2 heterocycles. The van der Waals surface area contributed by atoms with Crippen molar-refractivity contribution in [1.29, 1.82) is 0 Å². The van der Waals surface area contributed by atoms with Crippen LogP contribution in [-0.2, 0) is 36.9 Å². The number of aliphatic hydroxyl groups is 1. The lowest BCUT2D eigenvalue weighted by atomic mass is 9.81. The molecule has 0 bridgehead atoms. The monoisotopic (exact) mass is 698 g/mol. The highest BCUT2D eigenvalue weighted by molar-refractivity contribution is 5.88. The summed E-state index contributed by atoms with van der Waals surface area (Å²) in [5, 5.41) is 35.4. The first-order chi connectivity index (χ1) is 25.3. The van der Waals surface area contributed by atoms with Gasteiger partial charge in [0, 0.05) is 30.7 Å². The normalized spacial score (nSPS) is 14.1. The smallest absolute Gasteiger partial charge is 0.176 e. The predicted octanol–water partition coefficient (Wildman–Crippen LogP) is 7.52. The highest BCUT2D eigenvalue weighted by Crippen LogP contribution is 2.38. The van der Waals surface area contributed by atoms with Gasteiger partial charge in [-0.15, -0.1) is 4.99 Å². The molecule has 4 aromatic carbocycles. The number of allylic oxidation sites excluding steroid dienone is 1. The van der Waals surface area contributed by atoms with Gasteiger partial charge in [0.25, 0.3) is 0 Å². The van der Waals surface area contributed by atoms with Gasteiger partial charge in [0.05, 0.1) is 26.4 Å². The molecule has 8 nitrogen and oxygen atoms in total. The van der Waals surface area contributed by atoms with E-state index in [4.69, 9.17) is 9.47 Å². The highest BCUT2D eigenvalue weighted by Gasteiger charge is 2.31. The molecule has 0 radical (unpaired) electrons. The number of nitrogens with zero attached hydrogens (tertiary/aromatic N) is 2. The number of ketones is 1. The Bertz CT molecular complexity index is 2070. The van der Waals surface area contributed by atoms with Crippen molar-refractivity contribution in [2.45, 2.75) is 58.0 Å². The summed E-state index contributed by atoms with van der Waals surface area (Å²) in [6.07, 6.45) is 9.42. The first-order valence-corrected chi connectivity index (χ1v) is 17.8. The molecule has 0 saturated heterocycles. The second-order valence-corrected chi connectivity index (χ2v) is 13.6. The third-order valence-corrected chi connectivity index (χ3v) is 10.2. The summed E-state index contributed by atoms with van der Waals surface area (Å²) in [6, 6.07) is 23.3. The quantitative estimate of drug-likeness (QED) is 0.0859. The van der Waals surface area contributed by atoms with E-state index >= 15 is 0 Å². The number of methoxy groups -OCH3 is 2. The topological polar surface area (TPSA) is 123 Å². The van der Waals surface area contributed by atoms with E-state index in [9.17, 15) is 20.1 Å². The van der Waals surface area contributed by atoms with Crippen LogP contribution in [0.5, 0.6) is 23.0 Å². The molecule has 8 heteroatoms. The van der Waals surface area contributed by atoms with E-state index in [0.29, 0.717) is 43.6 Å². The van der Waals surface area contributed by atoms with Gasteiger partial charge < -0.3 is 29.8 Å². The number of fused-ring (bicyclic) bond motifs is 1. The first-order valence-electron chi connectivity index (χ1n) is 17.8. The summed E-state index contributed by atoms with van der Waals surface area (Å²) in [6.45, 7) is 3.86. The number of aromatic nitrogens is 1. The van der Waals surface area contributed by atoms with Gasteiger partial charge in [-0.25, -0.2) is 0 Å². The molecular formula is C44H46N2O6. The molecule has 0 aliphatic carbocycles. The fraction of sp³-hybridized carbons (Fsp3) is 0.295. The lowest BCUT2D eigenvalue weighted by Crippen LogP contribution is -2.31. The zero-order valence-electron chi connectivity index (χ0n) is 30.0. The number of Topliss-reactive ketones (excluding diaryl/α,β-unsaturated/α-hetero) is 1. The van der Waals surface area contributed by atoms with Crippen LogP contribution < -0.4 is 14.5 Å². The fourth-order valence-corrected chi connectivity index (χ4v) is 7.44. The van der Waals surface area contributed by atoms with Gasteiger partial charge in [0.2, 0.25) is 0 Å². The minimum Gasteiger partial charge on any atom is -0.670 e. The van der Waals surface area contributed by atoms with Crippen LogP contribution in [0.2, 0.25) is 0 Å². The zero-order chi connectivity index (χ0) is 36.6. The van der Waals surface area contributed by atoms with Gasteiger partial charge in [-0.05, 0) is 82.8 Å². The molecule has 52 heavy (non-hydrogen) atoms. The van der Waals surface area contributed by atoms with E-state index < -0.39 is 12.0 Å². The number of hydrogen-bond acceptors (Lipinski definition) is 7. The van der Waals surface area contributed by atoms with Crippen LogP contribution >= 0.6 is 0 Å². The van der Waals surface area contributed by atoms with Crippen LogP contribution in [0.3, 0.4) is 0 Å². The van der Waals surface area contributed by atoms with Crippen molar-refractivity contribution in [2.75, 3.05) is 14.2 Å². The lowest BCUT2D eigenvalue weighted by molar-refractivity contribution is -0.125.